The molecule has 3 aromatic rings. The van der Waals surface area contributed by atoms with Crippen molar-refractivity contribution in [3.63, 3.8) is 0 Å². The summed E-state index contributed by atoms with van der Waals surface area (Å²) in [4.78, 5) is 28.9. The molecule has 0 saturated carbocycles. The first-order chi connectivity index (χ1) is 13.9. The number of halogens is 1. The molecule has 3 rings (SSSR count). The van der Waals surface area contributed by atoms with Crippen LogP contribution in [0, 0.1) is 6.92 Å². The predicted octanol–water partition coefficient (Wildman–Crippen LogP) is 5.47. The van der Waals surface area contributed by atoms with E-state index in [9.17, 15) is 9.59 Å². The maximum atomic E-state index is 12.4. The Morgan fingerprint density at radius 1 is 1.14 bits per heavy atom. The molecular formula is C21H20ClN3O2S2. The summed E-state index contributed by atoms with van der Waals surface area (Å²) in [5, 5.41) is 8.20. The van der Waals surface area contributed by atoms with Gasteiger partial charge in [0.25, 0.3) is 0 Å². The molecule has 0 fully saturated rings. The van der Waals surface area contributed by atoms with Gasteiger partial charge in [0, 0.05) is 21.7 Å². The van der Waals surface area contributed by atoms with Crippen molar-refractivity contribution < 1.29 is 9.59 Å². The highest BCUT2D eigenvalue weighted by Crippen LogP contribution is 2.30. The van der Waals surface area contributed by atoms with Crippen LogP contribution < -0.4 is 10.6 Å². The summed E-state index contributed by atoms with van der Waals surface area (Å²) in [6.45, 7) is 3.75. The molecule has 2 aromatic carbocycles. The van der Waals surface area contributed by atoms with E-state index in [0.717, 1.165) is 16.8 Å². The third-order valence-electron chi connectivity index (χ3n) is 4.05. The second kappa shape index (κ2) is 9.91. The first-order valence-corrected chi connectivity index (χ1v) is 11.2. The molecule has 8 heteroatoms. The summed E-state index contributed by atoms with van der Waals surface area (Å²) in [5.41, 5.74) is 3.41. The average Bonchev–Trinajstić information content (AvgIpc) is 3.16. The van der Waals surface area contributed by atoms with E-state index in [1.165, 1.54) is 23.1 Å². The van der Waals surface area contributed by atoms with Crippen molar-refractivity contribution in [3.05, 3.63) is 64.5 Å². The van der Waals surface area contributed by atoms with Gasteiger partial charge in [-0.05, 0) is 32.0 Å². The lowest BCUT2D eigenvalue weighted by Crippen LogP contribution is -2.25. The summed E-state index contributed by atoms with van der Waals surface area (Å²) in [5.74, 6) is -0.155. The molecule has 0 radical (unpaired) electrons. The van der Waals surface area contributed by atoms with Crippen LogP contribution >= 0.6 is 34.7 Å². The number of benzene rings is 2. The first kappa shape index (κ1) is 21.4. The lowest BCUT2D eigenvalue weighted by Gasteiger charge is -2.11. The Morgan fingerprint density at radius 2 is 1.86 bits per heavy atom. The Morgan fingerprint density at radius 3 is 2.59 bits per heavy atom. The van der Waals surface area contributed by atoms with Crippen molar-refractivity contribution in [2.24, 2.45) is 0 Å². The molecule has 0 aliphatic heterocycles. The summed E-state index contributed by atoms with van der Waals surface area (Å²) < 4.78 is 0. The van der Waals surface area contributed by atoms with E-state index in [4.69, 9.17) is 11.6 Å². The molecule has 2 N–H and O–H groups in total. The number of hydrogen-bond donors (Lipinski definition) is 2. The van der Waals surface area contributed by atoms with Gasteiger partial charge >= 0.3 is 0 Å². The Hall–Kier alpha value is -2.35. The van der Waals surface area contributed by atoms with E-state index in [0.29, 0.717) is 15.8 Å². The highest BCUT2D eigenvalue weighted by Gasteiger charge is 2.17. The Kier molecular flexibility index (Phi) is 7.30. The second-order valence-corrected chi connectivity index (χ2v) is 8.97. The highest BCUT2D eigenvalue weighted by atomic mass is 35.5. The molecule has 29 heavy (non-hydrogen) atoms. The monoisotopic (exact) mass is 445 g/mol. The normalized spacial score (nSPS) is 11.7. The number of aryl methyl sites for hydroxylation is 1. The zero-order valence-electron chi connectivity index (χ0n) is 15.9. The topological polar surface area (TPSA) is 71.1 Å². The summed E-state index contributed by atoms with van der Waals surface area (Å²) in [6, 6.07) is 15.0. The van der Waals surface area contributed by atoms with Gasteiger partial charge in [-0.15, -0.1) is 23.1 Å². The smallest absolute Gasteiger partial charge is 0.239 e. The van der Waals surface area contributed by atoms with Crippen LogP contribution in [-0.2, 0) is 9.59 Å². The van der Waals surface area contributed by atoms with Crippen molar-refractivity contribution >= 4 is 57.3 Å². The van der Waals surface area contributed by atoms with Crippen LogP contribution in [0.1, 0.15) is 12.5 Å². The van der Waals surface area contributed by atoms with E-state index in [2.05, 4.69) is 15.6 Å². The number of hydrogen-bond acceptors (Lipinski definition) is 5. The van der Waals surface area contributed by atoms with Crippen molar-refractivity contribution in [1.29, 1.82) is 0 Å². The van der Waals surface area contributed by atoms with Crippen LogP contribution in [0.4, 0.5) is 10.8 Å². The number of thiazole rings is 1. The summed E-state index contributed by atoms with van der Waals surface area (Å²) >= 11 is 8.80. The van der Waals surface area contributed by atoms with Gasteiger partial charge in [-0.1, -0.05) is 47.5 Å². The lowest BCUT2D eigenvalue weighted by atomic mass is 10.2. The Bertz CT molecular complexity index is 1010. The quantitative estimate of drug-likeness (QED) is 0.505. The molecule has 1 atom stereocenters. The molecule has 150 valence electrons. The number of nitrogens with zero attached hydrogens (tertiary/aromatic N) is 1. The molecule has 0 aliphatic carbocycles. The van der Waals surface area contributed by atoms with E-state index >= 15 is 0 Å². The summed E-state index contributed by atoms with van der Waals surface area (Å²) in [7, 11) is 0. The molecule has 1 aromatic heterocycles. The molecule has 0 aliphatic rings. The number of rotatable bonds is 7. The van der Waals surface area contributed by atoms with E-state index < -0.39 is 5.25 Å². The molecule has 0 saturated heterocycles. The van der Waals surface area contributed by atoms with Crippen LogP contribution in [0.5, 0.6) is 0 Å². The van der Waals surface area contributed by atoms with E-state index in [1.807, 2.05) is 54.8 Å². The number of anilines is 2. The SMILES string of the molecule is Cc1ccc(NC(=O)CSC(C)C(=O)Nc2nc(-c3ccccc3Cl)cs2)cc1. The minimum atomic E-state index is -0.397. The van der Waals surface area contributed by atoms with Gasteiger partial charge in [0.1, 0.15) is 0 Å². The van der Waals surface area contributed by atoms with Crippen LogP contribution in [-0.4, -0.2) is 27.8 Å². The molecule has 2 amide bonds. The average molecular weight is 446 g/mol. The molecule has 0 spiro atoms. The molecule has 5 nitrogen and oxygen atoms in total. The van der Waals surface area contributed by atoms with Crippen LogP contribution in [0.15, 0.2) is 53.9 Å². The minimum Gasteiger partial charge on any atom is -0.325 e. The summed E-state index contributed by atoms with van der Waals surface area (Å²) in [6.07, 6.45) is 0. The van der Waals surface area contributed by atoms with Gasteiger partial charge < -0.3 is 10.6 Å². The molecular weight excluding hydrogens is 426 g/mol. The largest absolute Gasteiger partial charge is 0.325 e. The van der Waals surface area contributed by atoms with E-state index in [-0.39, 0.29) is 17.6 Å². The minimum absolute atomic E-state index is 0.145. The molecule has 1 unspecified atom stereocenters. The van der Waals surface area contributed by atoms with E-state index in [1.54, 1.807) is 13.0 Å². The zero-order valence-corrected chi connectivity index (χ0v) is 18.3. The first-order valence-electron chi connectivity index (χ1n) is 8.92. The Balaban J connectivity index is 1.50. The maximum absolute atomic E-state index is 12.4. The van der Waals surface area contributed by atoms with Crippen molar-refractivity contribution in [2.75, 3.05) is 16.4 Å². The number of carbonyl (C=O) groups is 2. The fourth-order valence-electron chi connectivity index (χ4n) is 2.44. The Labute approximate surface area is 182 Å². The number of amides is 2. The predicted molar refractivity (Wildman–Crippen MR) is 123 cm³/mol. The maximum Gasteiger partial charge on any atom is 0.239 e. The van der Waals surface area contributed by atoms with Crippen LogP contribution in [0.3, 0.4) is 0 Å². The van der Waals surface area contributed by atoms with Crippen molar-refractivity contribution in [3.8, 4) is 11.3 Å². The third-order valence-corrected chi connectivity index (χ3v) is 6.28. The van der Waals surface area contributed by atoms with Gasteiger partial charge in [-0.3, -0.25) is 9.59 Å². The fourth-order valence-corrected chi connectivity index (χ4v) is 4.07. The lowest BCUT2D eigenvalue weighted by molar-refractivity contribution is -0.115. The number of aromatic nitrogens is 1. The second-order valence-electron chi connectivity index (χ2n) is 6.37. The van der Waals surface area contributed by atoms with Gasteiger partial charge in [0.05, 0.1) is 16.7 Å². The van der Waals surface area contributed by atoms with Crippen molar-refractivity contribution in [2.45, 2.75) is 19.1 Å². The van der Waals surface area contributed by atoms with Gasteiger partial charge in [-0.25, -0.2) is 4.98 Å². The number of thioether (sulfide) groups is 1. The number of nitrogens with one attached hydrogen (secondary N) is 2. The number of carbonyl (C=O) groups excluding carboxylic acids is 2. The zero-order chi connectivity index (χ0) is 20.8. The van der Waals surface area contributed by atoms with Gasteiger partial charge in [0.15, 0.2) is 5.13 Å². The standard InChI is InChI=1S/C21H20ClN3O2S2/c1-13-7-9-15(10-8-13)23-19(26)12-28-14(2)20(27)25-21-24-18(11-29-21)16-5-3-4-6-17(16)22/h3-11,14H,12H2,1-2H3,(H,23,26)(H,24,25,27). The van der Waals surface area contributed by atoms with Gasteiger partial charge in [0.2, 0.25) is 11.8 Å². The fraction of sp³-hybridized carbons (Fsp3) is 0.190. The highest BCUT2D eigenvalue weighted by molar-refractivity contribution is 8.01. The van der Waals surface area contributed by atoms with Gasteiger partial charge in [-0.2, -0.15) is 0 Å². The van der Waals surface area contributed by atoms with Crippen molar-refractivity contribution in [1.82, 2.24) is 4.98 Å². The molecule has 0 bridgehead atoms. The van der Waals surface area contributed by atoms with Crippen LogP contribution in [0.25, 0.3) is 11.3 Å². The van der Waals surface area contributed by atoms with Crippen LogP contribution in [0.2, 0.25) is 5.02 Å². The third kappa shape index (κ3) is 6.06. The molecule has 1 heterocycles.